The normalized spacial score (nSPS) is 10.5. The minimum Gasteiger partial charge on any atom is -0.351 e. The van der Waals surface area contributed by atoms with Crippen molar-refractivity contribution in [3.63, 3.8) is 0 Å². The quantitative estimate of drug-likeness (QED) is 0.555. The molecule has 2 rings (SSSR count). The van der Waals surface area contributed by atoms with Crippen LogP contribution in [0.15, 0.2) is 30.5 Å². The van der Waals surface area contributed by atoms with Gasteiger partial charge in [0.15, 0.2) is 0 Å². The van der Waals surface area contributed by atoms with Crippen LogP contribution >= 0.6 is 0 Å². The molecule has 1 heterocycles. The fourth-order valence-corrected chi connectivity index (χ4v) is 1.53. The maximum Gasteiger partial charge on any atom is 0.373 e. The summed E-state index contributed by atoms with van der Waals surface area (Å²) in [6.07, 6.45) is 1.94. The van der Waals surface area contributed by atoms with E-state index in [9.17, 15) is 4.79 Å². The van der Waals surface area contributed by atoms with Gasteiger partial charge >= 0.3 is 5.97 Å². The molecule has 4 heteroatoms. The zero-order valence-corrected chi connectivity index (χ0v) is 8.56. The van der Waals surface area contributed by atoms with Crippen molar-refractivity contribution in [1.29, 1.82) is 0 Å². The van der Waals surface area contributed by atoms with E-state index in [0.29, 0.717) is 5.56 Å². The van der Waals surface area contributed by atoms with Gasteiger partial charge in [0.25, 0.3) is 0 Å². The number of aromatic nitrogens is 1. The molecule has 0 unspecified atom stereocenters. The molecule has 0 N–H and O–H groups in total. The highest BCUT2D eigenvalue weighted by Crippen LogP contribution is 2.17. The van der Waals surface area contributed by atoms with Crippen molar-refractivity contribution in [2.75, 3.05) is 7.11 Å². The van der Waals surface area contributed by atoms with Crippen LogP contribution in [0.25, 0.3) is 10.9 Å². The number of hydrogen-bond donors (Lipinski definition) is 0. The zero-order valence-electron chi connectivity index (χ0n) is 8.56. The molecule has 0 saturated carbocycles. The van der Waals surface area contributed by atoms with Crippen molar-refractivity contribution in [1.82, 2.24) is 4.57 Å². The molecule has 0 bridgehead atoms. The van der Waals surface area contributed by atoms with Crippen molar-refractivity contribution in [2.24, 2.45) is 7.05 Å². The molecule has 0 saturated heterocycles. The van der Waals surface area contributed by atoms with Gasteiger partial charge in [-0.15, -0.1) is 0 Å². The van der Waals surface area contributed by atoms with Crippen molar-refractivity contribution >= 4 is 16.9 Å². The van der Waals surface area contributed by atoms with E-state index in [1.165, 1.54) is 7.11 Å². The second-order valence-corrected chi connectivity index (χ2v) is 3.24. The Balaban J connectivity index is 2.43. The Kier molecular flexibility index (Phi) is 2.43. The Hall–Kier alpha value is -1.81. The molecule has 0 amide bonds. The summed E-state index contributed by atoms with van der Waals surface area (Å²) < 4.78 is 1.99. The second kappa shape index (κ2) is 3.74. The van der Waals surface area contributed by atoms with Crippen LogP contribution in [-0.4, -0.2) is 17.6 Å². The monoisotopic (exact) mass is 205 g/mol. The average Bonchev–Trinajstić information content (AvgIpc) is 2.60. The number of carbonyl (C=O) groups is 1. The van der Waals surface area contributed by atoms with Crippen molar-refractivity contribution in [2.45, 2.75) is 0 Å². The van der Waals surface area contributed by atoms with Crippen molar-refractivity contribution in [3.05, 3.63) is 36.0 Å². The standard InChI is InChI=1S/C11H11NO3/c1-12-6-5-8-7-9(3-4-10(8)12)11(13)15-14-2/h3-7H,1-2H3. The minimum atomic E-state index is -0.483. The number of carbonyl (C=O) groups excluding carboxylic acids is 1. The molecule has 1 aromatic carbocycles. The highest BCUT2D eigenvalue weighted by Gasteiger charge is 2.08. The van der Waals surface area contributed by atoms with Gasteiger partial charge in [-0.3, -0.25) is 4.89 Å². The summed E-state index contributed by atoms with van der Waals surface area (Å²) in [5.74, 6) is -0.483. The summed E-state index contributed by atoms with van der Waals surface area (Å²) >= 11 is 0. The zero-order chi connectivity index (χ0) is 10.8. The molecule has 1 aromatic heterocycles. The van der Waals surface area contributed by atoms with Crippen molar-refractivity contribution in [3.8, 4) is 0 Å². The SMILES string of the molecule is COOC(=O)c1ccc2c(ccn2C)c1. The van der Waals surface area contributed by atoms with Gasteiger partial charge < -0.3 is 4.57 Å². The molecule has 0 atom stereocenters. The van der Waals surface area contributed by atoms with Crippen LogP contribution in [0.1, 0.15) is 10.4 Å². The lowest BCUT2D eigenvalue weighted by Gasteiger charge is -2.00. The summed E-state index contributed by atoms with van der Waals surface area (Å²) in [7, 11) is 3.26. The molecule has 15 heavy (non-hydrogen) atoms. The van der Waals surface area contributed by atoms with Gasteiger partial charge in [-0.25, -0.2) is 4.79 Å². The molecule has 2 aromatic rings. The fraction of sp³-hybridized carbons (Fsp3) is 0.182. The number of rotatable bonds is 2. The van der Waals surface area contributed by atoms with Crippen LogP contribution in [0.5, 0.6) is 0 Å². The average molecular weight is 205 g/mol. The number of hydrogen-bond acceptors (Lipinski definition) is 3. The van der Waals surface area contributed by atoms with Gasteiger partial charge in [-0.1, -0.05) is 0 Å². The predicted octanol–water partition coefficient (Wildman–Crippen LogP) is 1.90. The Bertz CT molecular complexity index is 502. The Morgan fingerprint density at radius 3 is 2.87 bits per heavy atom. The molecule has 0 spiro atoms. The highest BCUT2D eigenvalue weighted by atomic mass is 17.2. The second-order valence-electron chi connectivity index (χ2n) is 3.24. The third kappa shape index (κ3) is 1.71. The molecule has 0 aliphatic rings. The van der Waals surface area contributed by atoms with E-state index in [2.05, 4.69) is 9.78 Å². The lowest BCUT2D eigenvalue weighted by atomic mass is 10.1. The maximum atomic E-state index is 11.3. The molecule has 4 nitrogen and oxygen atoms in total. The summed E-state index contributed by atoms with van der Waals surface area (Å²) in [6.45, 7) is 0. The number of nitrogens with zero attached hydrogens (tertiary/aromatic N) is 1. The summed E-state index contributed by atoms with van der Waals surface area (Å²) in [6, 6.07) is 7.31. The lowest BCUT2D eigenvalue weighted by Crippen LogP contribution is -2.03. The first-order chi connectivity index (χ1) is 7.22. The molecule has 0 fully saturated rings. The van der Waals surface area contributed by atoms with E-state index in [1.54, 1.807) is 12.1 Å². The third-order valence-electron chi connectivity index (χ3n) is 2.28. The van der Waals surface area contributed by atoms with Crippen LogP contribution in [0, 0.1) is 0 Å². The molecule has 78 valence electrons. The van der Waals surface area contributed by atoms with Crippen LogP contribution in [0.2, 0.25) is 0 Å². The van der Waals surface area contributed by atoms with Gasteiger partial charge in [0.1, 0.15) is 0 Å². The maximum absolute atomic E-state index is 11.3. The van der Waals surface area contributed by atoms with Gasteiger partial charge in [-0.05, 0) is 24.3 Å². The Labute approximate surface area is 86.9 Å². The molecule has 0 aliphatic heterocycles. The van der Waals surface area contributed by atoms with Crippen molar-refractivity contribution < 1.29 is 14.6 Å². The topological polar surface area (TPSA) is 40.5 Å². The summed E-state index contributed by atoms with van der Waals surface area (Å²) in [4.78, 5) is 20.1. The smallest absolute Gasteiger partial charge is 0.351 e. The number of benzene rings is 1. The van der Waals surface area contributed by atoms with Crippen LogP contribution < -0.4 is 0 Å². The van der Waals surface area contributed by atoms with Crippen LogP contribution in [-0.2, 0) is 16.8 Å². The summed E-state index contributed by atoms with van der Waals surface area (Å²) in [5.41, 5.74) is 1.56. The minimum absolute atomic E-state index is 0.482. The lowest BCUT2D eigenvalue weighted by molar-refractivity contribution is -0.216. The van der Waals surface area contributed by atoms with E-state index < -0.39 is 5.97 Å². The Morgan fingerprint density at radius 1 is 1.33 bits per heavy atom. The molecule has 0 radical (unpaired) electrons. The largest absolute Gasteiger partial charge is 0.373 e. The first kappa shape index (κ1) is 9.73. The van der Waals surface area contributed by atoms with E-state index in [-0.39, 0.29) is 0 Å². The van der Waals surface area contributed by atoms with E-state index in [4.69, 9.17) is 0 Å². The number of fused-ring (bicyclic) bond motifs is 1. The molecular weight excluding hydrogens is 194 g/mol. The Morgan fingerprint density at radius 2 is 2.13 bits per heavy atom. The van der Waals surface area contributed by atoms with E-state index in [1.807, 2.05) is 29.9 Å². The molecule has 0 aliphatic carbocycles. The van der Waals surface area contributed by atoms with Crippen LogP contribution in [0.4, 0.5) is 0 Å². The predicted molar refractivity (Wildman–Crippen MR) is 55.3 cm³/mol. The van der Waals surface area contributed by atoms with E-state index >= 15 is 0 Å². The van der Waals surface area contributed by atoms with E-state index in [0.717, 1.165) is 10.9 Å². The van der Waals surface area contributed by atoms with Gasteiger partial charge in [0, 0.05) is 24.1 Å². The third-order valence-corrected chi connectivity index (χ3v) is 2.28. The summed E-state index contributed by atoms with van der Waals surface area (Å²) in [5, 5.41) is 1.00. The first-order valence-electron chi connectivity index (χ1n) is 4.52. The van der Waals surface area contributed by atoms with Gasteiger partial charge in [-0.2, -0.15) is 4.89 Å². The highest BCUT2D eigenvalue weighted by molar-refractivity contribution is 5.94. The molecular formula is C11H11NO3. The fourth-order valence-electron chi connectivity index (χ4n) is 1.53. The van der Waals surface area contributed by atoms with Gasteiger partial charge in [0.2, 0.25) is 0 Å². The first-order valence-corrected chi connectivity index (χ1v) is 4.52. The van der Waals surface area contributed by atoms with Gasteiger partial charge in [0.05, 0.1) is 12.7 Å². The number of aryl methyl sites for hydroxylation is 1. The van der Waals surface area contributed by atoms with Crippen LogP contribution in [0.3, 0.4) is 0 Å².